The second kappa shape index (κ2) is 14.5. The van der Waals surface area contributed by atoms with Crippen LogP contribution >= 0.6 is 11.8 Å². The van der Waals surface area contributed by atoms with E-state index < -0.39 is 47.9 Å². The summed E-state index contributed by atoms with van der Waals surface area (Å²) in [5.41, 5.74) is 6.97. The average molecular weight is 481 g/mol. The van der Waals surface area contributed by atoms with Crippen molar-refractivity contribution in [2.75, 3.05) is 12.0 Å². The van der Waals surface area contributed by atoms with E-state index in [-0.39, 0.29) is 5.92 Å². The Labute approximate surface area is 199 Å². The first-order chi connectivity index (χ1) is 15.5. The van der Waals surface area contributed by atoms with Crippen molar-refractivity contribution < 1.29 is 24.3 Å². The van der Waals surface area contributed by atoms with E-state index in [1.54, 1.807) is 0 Å². The number of carbonyl (C=O) groups excluding carboxylic acids is 3. The molecule has 0 heterocycles. The summed E-state index contributed by atoms with van der Waals surface area (Å²) in [6.45, 7) is 5.19. The van der Waals surface area contributed by atoms with Crippen molar-refractivity contribution in [3.63, 3.8) is 0 Å². The van der Waals surface area contributed by atoms with Crippen LogP contribution in [0.2, 0.25) is 0 Å². The van der Waals surface area contributed by atoms with Gasteiger partial charge in [-0.15, -0.1) is 0 Å². The van der Waals surface area contributed by atoms with Crippen LogP contribution in [0.1, 0.15) is 39.2 Å². The standard InChI is InChI=1S/C23H36N4O5S/c1-14(2)12-19(27-20(28)17(24)13-16-8-6-5-7-9-16)22(30)26-18(10-11-33-4)21(29)25-15(3)23(31)32/h5-9,14-15,17-19H,10-13,24H2,1-4H3,(H,25,29)(H,26,30)(H,27,28)(H,31,32). The van der Waals surface area contributed by atoms with Crippen LogP contribution in [-0.2, 0) is 25.6 Å². The maximum Gasteiger partial charge on any atom is 0.325 e. The second-order valence-corrected chi connectivity index (χ2v) is 9.38. The Morgan fingerprint density at radius 1 is 0.939 bits per heavy atom. The zero-order valence-corrected chi connectivity index (χ0v) is 20.5. The summed E-state index contributed by atoms with van der Waals surface area (Å²) < 4.78 is 0. The minimum Gasteiger partial charge on any atom is -0.480 e. The lowest BCUT2D eigenvalue weighted by Crippen LogP contribution is -2.57. The first-order valence-electron chi connectivity index (χ1n) is 11.0. The molecule has 0 aromatic heterocycles. The molecule has 33 heavy (non-hydrogen) atoms. The maximum atomic E-state index is 13.0. The molecule has 10 heteroatoms. The molecule has 1 aromatic carbocycles. The summed E-state index contributed by atoms with van der Waals surface area (Å²) in [5.74, 6) is -2.03. The zero-order valence-electron chi connectivity index (χ0n) is 19.7. The molecule has 3 amide bonds. The van der Waals surface area contributed by atoms with Crippen molar-refractivity contribution in [1.29, 1.82) is 0 Å². The molecule has 6 N–H and O–H groups in total. The van der Waals surface area contributed by atoms with E-state index in [0.717, 1.165) is 5.56 Å². The number of nitrogens with two attached hydrogens (primary N) is 1. The van der Waals surface area contributed by atoms with Crippen LogP contribution in [0.25, 0.3) is 0 Å². The number of carboxylic acid groups (broad SMARTS) is 1. The van der Waals surface area contributed by atoms with Gasteiger partial charge >= 0.3 is 5.97 Å². The largest absolute Gasteiger partial charge is 0.480 e. The number of thioether (sulfide) groups is 1. The summed E-state index contributed by atoms with van der Waals surface area (Å²) in [7, 11) is 0. The van der Waals surface area contributed by atoms with Crippen LogP contribution in [0.5, 0.6) is 0 Å². The van der Waals surface area contributed by atoms with Gasteiger partial charge in [-0.2, -0.15) is 11.8 Å². The lowest BCUT2D eigenvalue weighted by molar-refractivity contribution is -0.141. The lowest BCUT2D eigenvalue weighted by Gasteiger charge is -2.25. The predicted octanol–water partition coefficient (Wildman–Crippen LogP) is 0.915. The van der Waals surface area contributed by atoms with Crippen molar-refractivity contribution >= 4 is 35.5 Å². The Kier molecular flexibility index (Phi) is 12.5. The highest BCUT2D eigenvalue weighted by molar-refractivity contribution is 7.98. The van der Waals surface area contributed by atoms with Gasteiger partial charge in [0.25, 0.3) is 0 Å². The summed E-state index contributed by atoms with van der Waals surface area (Å²) in [6.07, 6.45) is 2.88. The number of amides is 3. The Bertz CT molecular complexity index is 790. The van der Waals surface area contributed by atoms with E-state index in [9.17, 15) is 19.2 Å². The van der Waals surface area contributed by atoms with E-state index in [1.807, 2.05) is 50.4 Å². The van der Waals surface area contributed by atoms with Crippen LogP contribution in [0.4, 0.5) is 0 Å². The van der Waals surface area contributed by atoms with Crippen molar-refractivity contribution in [3.8, 4) is 0 Å². The highest BCUT2D eigenvalue weighted by atomic mass is 32.2. The van der Waals surface area contributed by atoms with Crippen molar-refractivity contribution in [2.45, 2.75) is 64.2 Å². The molecule has 4 unspecified atom stereocenters. The van der Waals surface area contributed by atoms with Crippen molar-refractivity contribution in [3.05, 3.63) is 35.9 Å². The molecular formula is C23H36N4O5S. The molecule has 0 spiro atoms. The second-order valence-electron chi connectivity index (χ2n) is 8.40. The van der Waals surface area contributed by atoms with E-state index in [0.29, 0.717) is 25.0 Å². The number of hydrogen-bond acceptors (Lipinski definition) is 6. The molecular weight excluding hydrogens is 444 g/mol. The highest BCUT2D eigenvalue weighted by Crippen LogP contribution is 2.09. The van der Waals surface area contributed by atoms with E-state index >= 15 is 0 Å². The summed E-state index contributed by atoms with van der Waals surface area (Å²) >= 11 is 1.50. The molecule has 4 atom stereocenters. The quantitative estimate of drug-likeness (QED) is 0.266. The van der Waals surface area contributed by atoms with Gasteiger partial charge in [-0.3, -0.25) is 19.2 Å². The third kappa shape index (κ3) is 10.7. The van der Waals surface area contributed by atoms with Crippen LogP contribution < -0.4 is 21.7 Å². The number of carbonyl (C=O) groups is 4. The highest BCUT2D eigenvalue weighted by Gasteiger charge is 2.29. The summed E-state index contributed by atoms with van der Waals surface area (Å²) in [4.78, 5) is 49.4. The lowest BCUT2D eigenvalue weighted by atomic mass is 10.0. The molecule has 1 rings (SSSR count). The first kappa shape index (κ1) is 28.4. The molecule has 1 aromatic rings. The number of benzene rings is 1. The minimum absolute atomic E-state index is 0.0944. The van der Waals surface area contributed by atoms with Gasteiger partial charge in [0.1, 0.15) is 18.1 Å². The Morgan fingerprint density at radius 2 is 1.52 bits per heavy atom. The minimum atomic E-state index is -1.17. The first-order valence-corrected chi connectivity index (χ1v) is 12.4. The fourth-order valence-electron chi connectivity index (χ4n) is 3.09. The van der Waals surface area contributed by atoms with E-state index in [4.69, 9.17) is 10.8 Å². The third-order valence-electron chi connectivity index (χ3n) is 4.95. The molecule has 0 saturated heterocycles. The van der Waals surface area contributed by atoms with Crippen LogP contribution in [0.15, 0.2) is 30.3 Å². The van der Waals surface area contributed by atoms with Crippen LogP contribution in [0.3, 0.4) is 0 Å². The van der Waals surface area contributed by atoms with E-state index in [2.05, 4.69) is 16.0 Å². The molecule has 184 valence electrons. The molecule has 0 bridgehead atoms. The van der Waals surface area contributed by atoms with Crippen LogP contribution in [0, 0.1) is 5.92 Å². The Balaban J connectivity index is 2.87. The average Bonchev–Trinajstić information content (AvgIpc) is 2.75. The summed E-state index contributed by atoms with van der Waals surface area (Å²) in [6, 6.07) is 5.63. The number of carboxylic acids is 1. The number of aliphatic carboxylic acids is 1. The zero-order chi connectivity index (χ0) is 25.0. The van der Waals surface area contributed by atoms with Gasteiger partial charge in [0.15, 0.2) is 0 Å². The third-order valence-corrected chi connectivity index (χ3v) is 5.59. The molecule has 9 nitrogen and oxygen atoms in total. The number of hydrogen-bond donors (Lipinski definition) is 5. The summed E-state index contributed by atoms with van der Waals surface area (Å²) in [5, 5.41) is 16.8. The van der Waals surface area contributed by atoms with Gasteiger partial charge in [0, 0.05) is 0 Å². The maximum absolute atomic E-state index is 13.0. The van der Waals surface area contributed by atoms with Gasteiger partial charge in [0.05, 0.1) is 6.04 Å². The molecule has 0 saturated carbocycles. The number of nitrogens with one attached hydrogen (secondary N) is 3. The molecule has 0 aliphatic rings. The van der Waals surface area contributed by atoms with Gasteiger partial charge in [0.2, 0.25) is 17.7 Å². The Hall–Kier alpha value is -2.59. The SMILES string of the molecule is CSCCC(NC(=O)C(CC(C)C)NC(=O)C(N)Cc1ccccc1)C(=O)NC(C)C(=O)O. The predicted molar refractivity (Wildman–Crippen MR) is 130 cm³/mol. The number of rotatable bonds is 14. The molecule has 0 aliphatic heterocycles. The van der Waals surface area contributed by atoms with Gasteiger partial charge in [-0.1, -0.05) is 44.2 Å². The smallest absolute Gasteiger partial charge is 0.325 e. The topological polar surface area (TPSA) is 151 Å². The fraction of sp³-hybridized carbons (Fsp3) is 0.565. The van der Waals surface area contributed by atoms with Gasteiger partial charge in [-0.05, 0) is 49.7 Å². The monoisotopic (exact) mass is 480 g/mol. The normalized spacial score (nSPS) is 14.6. The van der Waals surface area contributed by atoms with Crippen LogP contribution in [-0.4, -0.2) is 65.0 Å². The van der Waals surface area contributed by atoms with Gasteiger partial charge in [-0.25, -0.2) is 0 Å². The molecule has 0 fully saturated rings. The fourth-order valence-corrected chi connectivity index (χ4v) is 3.57. The molecule has 0 aliphatic carbocycles. The van der Waals surface area contributed by atoms with Crippen molar-refractivity contribution in [2.24, 2.45) is 11.7 Å². The van der Waals surface area contributed by atoms with E-state index in [1.165, 1.54) is 18.7 Å². The van der Waals surface area contributed by atoms with Gasteiger partial charge < -0.3 is 26.8 Å². The Morgan fingerprint density at radius 3 is 2.06 bits per heavy atom. The molecule has 0 radical (unpaired) electrons. The van der Waals surface area contributed by atoms with Crippen molar-refractivity contribution in [1.82, 2.24) is 16.0 Å².